The van der Waals surface area contributed by atoms with Crippen LogP contribution in [0.15, 0.2) is 79.3 Å². The number of amides is 2. The maximum atomic E-state index is 13.8. The van der Waals surface area contributed by atoms with E-state index in [0.717, 1.165) is 58.2 Å². The number of alkyl carbamates (subject to hydrolysis) is 1. The summed E-state index contributed by atoms with van der Waals surface area (Å²) in [7, 11) is 1.30. The summed E-state index contributed by atoms with van der Waals surface area (Å²) in [5.41, 5.74) is 4.22. The molecule has 50 heavy (non-hydrogen) atoms. The molecule has 0 radical (unpaired) electrons. The van der Waals surface area contributed by atoms with Crippen molar-refractivity contribution in [1.29, 1.82) is 0 Å². The van der Waals surface area contributed by atoms with Gasteiger partial charge in [0.05, 0.1) is 25.4 Å². The first kappa shape index (κ1) is 34.7. The number of fused-ring (bicyclic) bond motifs is 1. The summed E-state index contributed by atoms with van der Waals surface area (Å²) in [4.78, 5) is 48.9. The van der Waals surface area contributed by atoms with Gasteiger partial charge in [0.2, 0.25) is 5.91 Å². The monoisotopic (exact) mass is 677 g/mol. The molecule has 2 atom stereocenters. The number of imidazole rings is 1. The zero-order valence-electron chi connectivity index (χ0n) is 29.8. The zero-order valence-corrected chi connectivity index (χ0v) is 29.8. The van der Waals surface area contributed by atoms with Gasteiger partial charge in [-0.25, -0.2) is 9.78 Å². The number of aromatic nitrogens is 2. The summed E-state index contributed by atoms with van der Waals surface area (Å²) in [6, 6.07) is 19.4. The van der Waals surface area contributed by atoms with Crippen LogP contribution < -0.4 is 10.6 Å². The Kier molecular flexibility index (Phi) is 9.48. The van der Waals surface area contributed by atoms with E-state index >= 15 is 0 Å². The number of nitrogens with one attached hydrogen (secondary N) is 3. The van der Waals surface area contributed by atoms with Gasteiger partial charge >= 0.3 is 6.09 Å². The standard InChI is InChI=1S/C40H47N5O5/c1-24(2)35(44-38(48)49-7)37(47)45-23-40(16-17-40)20-33(45)36-42-21-32(43-36)31-15-14-29-18-28(12-13-30(29)19-31)26-8-10-27(11-9-26)34(46)22-41-25(3)50-39(4,5)6/h8-15,18-19,21,24,33,35,41H,3,16-17,20,22-23H2,1-2,4-7H3,(H,42,43)(H,44,48)/t33-,35-/m0/s1. The number of likely N-dealkylation sites (tertiary alicyclic amines) is 1. The fourth-order valence-corrected chi connectivity index (χ4v) is 6.72. The second-order valence-corrected chi connectivity index (χ2v) is 15.0. The molecule has 1 aromatic heterocycles. The third-order valence-electron chi connectivity index (χ3n) is 9.61. The highest BCUT2D eigenvalue weighted by Crippen LogP contribution is 2.58. The topological polar surface area (TPSA) is 126 Å². The third-order valence-corrected chi connectivity index (χ3v) is 9.61. The highest BCUT2D eigenvalue weighted by molar-refractivity contribution is 5.98. The lowest BCUT2D eigenvalue weighted by molar-refractivity contribution is -0.135. The summed E-state index contributed by atoms with van der Waals surface area (Å²) in [6.07, 6.45) is 4.33. The molecule has 1 spiro atoms. The molecule has 10 heteroatoms. The van der Waals surface area contributed by atoms with Crippen molar-refractivity contribution in [3.63, 3.8) is 0 Å². The maximum absolute atomic E-state index is 13.8. The molecule has 6 rings (SSSR count). The van der Waals surface area contributed by atoms with E-state index in [1.54, 1.807) is 0 Å². The van der Waals surface area contributed by atoms with E-state index in [2.05, 4.69) is 58.6 Å². The highest BCUT2D eigenvalue weighted by Gasteiger charge is 2.55. The van der Waals surface area contributed by atoms with Crippen LogP contribution in [0.4, 0.5) is 4.79 Å². The lowest BCUT2D eigenvalue weighted by atomic mass is 9.98. The van der Waals surface area contributed by atoms with Crippen LogP contribution in [0.25, 0.3) is 33.2 Å². The van der Waals surface area contributed by atoms with Crippen LogP contribution in [0.5, 0.6) is 0 Å². The van der Waals surface area contributed by atoms with Crippen molar-refractivity contribution in [2.24, 2.45) is 11.3 Å². The lowest BCUT2D eigenvalue weighted by Gasteiger charge is -2.30. The van der Waals surface area contributed by atoms with Crippen LogP contribution in [0.2, 0.25) is 0 Å². The Hall–Kier alpha value is -5.12. The Morgan fingerprint density at radius 1 is 1.00 bits per heavy atom. The Labute approximate surface area is 293 Å². The predicted octanol–water partition coefficient (Wildman–Crippen LogP) is 7.39. The summed E-state index contributed by atoms with van der Waals surface area (Å²) >= 11 is 0. The molecule has 2 fully saturated rings. The van der Waals surface area contributed by atoms with Crippen molar-refractivity contribution >= 4 is 28.6 Å². The Morgan fingerprint density at radius 2 is 1.64 bits per heavy atom. The van der Waals surface area contributed by atoms with Gasteiger partial charge in [0.15, 0.2) is 11.7 Å². The Bertz CT molecular complexity index is 1920. The first-order valence-electron chi connectivity index (χ1n) is 17.2. The van der Waals surface area contributed by atoms with Crippen LogP contribution in [-0.4, -0.2) is 64.5 Å². The van der Waals surface area contributed by atoms with Crippen LogP contribution in [0.3, 0.4) is 0 Å². The first-order chi connectivity index (χ1) is 23.7. The number of nitrogens with zero attached hydrogens (tertiary/aromatic N) is 2. The van der Waals surface area contributed by atoms with Crippen LogP contribution >= 0.6 is 0 Å². The van der Waals surface area contributed by atoms with Gasteiger partial charge in [-0.05, 0) is 92.0 Å². The number of benzene rings is 3. The molecule has 2 heterocycles. The number of ether oxygens (including phenoxy) is 2. The van der Waals surface area contributed by atoms with Crippen molar-refractivity contribution < 1.29 is 23.9 Å². The number of hydrogen-bond donors (Lipinski definition) is 3. The van der Waals surface area contributed by atoms with E-state index in [1.165, 1.54) is 7.11 Å². The van der Waals surface area contributed by atoms with E-state index < -0.39 is 12.1 Å². The molecular formula is C40H47N5O5. The average Bonchev–Trinajstić information content (AvgIpc) is 3.47. The van der Waals surface area contributed by atoms with Crippen molar-refractivity contribution in [2.75, 3.05) is 20.2 Å². The lowest BCUT2D eigenvalue weighted by Crippen LogP contribution is -2.51. The van der Waals surface area contributed by atoms with Crippen molar-refractivity contribution in [3.05, 3.63) is 90.7 Å². The zero-order chi connectivity index (χ0) is 35.8. The predicted molar refractivity (Wildman–Crippen MR) is 194 cm³/mol. The number of Topliss-reactive ketones (excluding diaryl/α,β-unsaturated/α-hetero) is 1. The summed E-state index contributed by atoms with van der Waals surface area (Å²) in [5, 5.41) is 7.86. The molecule has 3 N–H and O–H groups in total. The highest BCUT2D eigenvalue weighted by atomic mass is 16.5. The summed E-state index contributed by atoms with van der Waals surface area (Å²) in [6.45, 7) is 14.2. The second-order valence-electron chi connectivity index (χ2n) is 15.0. The van der Waals surface area contributed by atoms with Crippen LogP contribution in [-0.2, 0) is 14.3 Å². The summed E-state index contributed by atoms with van der Waals surface area (Å²) in [5.74, 6) is 0.885. The number of rotatable bonds is 11. The van der Waals surface area contributed by atoms with Crippen LogP contribution in [0, 0.1) is 11.3 Å². The fraction of sp³-hybridized carbons (Fsp3) is 0.400. The molecule has 0 unspecified atom stereocenters. The molecule has 2 aliphatic rings. The van der Waals surface area contributed by atoms with Gasteiger partial charge < -0.3 is 30.0 Å². The normalized spacial score (nSPS) is 17.1. The molecule has 1 saturated heterocycles. The minimum absolute atomic E-state index is 0.0441. The number of hydrogen-bond acceptors (Lipinski definition) is 7. The number of methoxy groups -OCH3 is 1. The van der Waals surface area contributed by atoms with Gasteiger partial charge in [-0.1, -0.05) is 62.4 Å². The van der Waals surface area contributed by atoms with Gasteiger partial charge in [-0.15, -0.1) is 0 Å². The van der Waals surface area contributed by atoms with E-state index in [9.17, 15) is 14.4 Å². The van der Waals surface area contributed by atoms with Gasteiger partial charge in [0.1, 0.15) is 17.5 Å². The van der Waals surface area contributed by atoms with Crippen LogP contribution in [0.1, 0.15) is 76.1 Å². The molecule has 1 saturated carbocycles. The molecule has 2 amide bonds. The Morgan fingerprint density at radius 3 is 2.26 bits per heavy atom. The van der Waals surface area contributed by atoms with Gasteiger partial charge in [0, 0.05) is 23.9 Å². The SMILES string of the molecule is C=C(NCC(=O)c1ccc(-c2ccc3cc(-c4c[nH]c([C@@H]5CC6(CC6)CN5C(=O)[C@@H](NC(=O)OC)C(C)C)n4)ccc3c2)cc1)OC(C)(C)C. The Balaban J connectivity index is 1.15. The largest absolute Gasteiger partial charge is 0.474 e. The van der Waals surface area contributed by atoms with Gasteiger partial charge in [0.25, 0.3) is 0 Å². The van der Waals surface area contributed by atoms with Crippen molar-refractivity contribution in [3.8, 4) is 22.4 Å². The number of ketones is 1. The van der Waals surface area contributed by atoms with E-state index in [-0.39, 0.29) is 41.2 Å². The molecule has 0 bridgehead atoms. The minimum Gasteiger partial charge on any atom is -0.474 e. The molecule has 262 valence electrons. The smallest absolute Gasteiger partial charge is 0.407 e. The molecule has 4 aromatic rings. The average molecular weight is 678 g/mol. The van der Waals surface area contributed by atoms with E-state index in [1.807, 2.05) is 70.0 Å². The van der Waals surface area contributed by atoms with Gasteiger partial charge in [-0.2, -0.15) is 0 Å². The van der Waals surface area contributed by atoms with Crippen molar-refractivity contribution in [1.82, 2.24) is 25.5 Å². The molecule has 1 aliphatic heterocycles. The molecule has 3 aromatic carbocycles. The number of H-pyrrole nitrogens is 1. The molecule has 10 nitrogen and oxygen atoms in total. The number of carbonyl (C=O) groups excluding carboxylic acids is 3. The number of carbonyl (C=O) groups is 3. The maximum Gasteiger partial charge on any atom is 0.407 e. The van der Waals surface area contributed by atoms with Crippen molar-refractivity contribution in [2.45, 2.75) is 71.6 Å². The second kappa shape index (κ2) is 13.7. The minimum atomic E-state index is -0.680. The van der Waals surface area contributed by atoms with E-state index in [4.69, 9.17) is 14.5 Å². The van der Waals surface area contributed by atoms with E-state index in [0.29, 0.717) is 18.0 Å². The quantitative estimate of drug-likeness (QED) is 0.112. The first-order valence-corrected chi connectivity index (χ1v) is 17.2. The third kappa shape index (κ3) is 7.69. The number of aromatic amines is 1. The molecular weight excluding hydrogens is 630 g/mol. The van der Waals surface area contributed by atoms with Gasteiger partial charge in [-0.3, -0.25) is 9.59 Å². The summed E-state index contributed by atoms with van der Waals surface area (Å²) < 4.78 is 10.4. The fourth-order valence-electron chi connectivity index (χ4n) is 6.72. The molecule has 1 aliphatic carbocycles.